The van der Waals surface area contributed by atoms with Crippen LogP contribution in [0.2, 0.25) is 0 Å². The van der Waals surface area contributed by atoms with Crippen molar-refractivity contribution in [1.82, 2.24) is 0 Å². The summed E-state index contributed by atoms with van der Waals surface area (Å²) < 4.78 is 33.3. The summed E-state index contributed by atoms with van der Waals surface area (Å²) in [5.41, 5.74) is 1.82. The van der Waals surface area contributed by atoms with E-state index in [4.69, 9.17) is 4.74 Å². The summed E-state index contributed by atoms with van der Waals surface area (Å²) in [4.78, 5) is 13.4. The van der Waals surface area contributed by atoms with Crippen LogP contribution in [0.25, 0.3) is 0 Å². The Morgan fingerprint density at radius 2 is 1.71 bits per heavy atom. The molecule has 0 aromatic heterocycles. The van der Waals surface area contributed by atoms with Crippen molar-refractivity contribution < 1.29 is 17.9 Å². The van der Waals surface area contributed by atoms with Gasteiger partial charge < -0.3 is 10.1 Å². The van der Waals surface area contributed by atoms with E-state index in [-0.39, 0.29) is 10.8 Å². The molecule has 0 aliphatic carbocycles. The van der Waals surface area contributed by atoms with Crippen molar-refractivity contribution in [2.75, 3.05) is 22.9 Å². The molecule has 0 radical (unpaired) electrons. The normalized spacial score (nSPS) is 11.0. The maximum absolute atomic E-state index is 12.7. The lowest BCUT2D eigenvalue weighted by molar-refractivity contribution is -0.115. The molecule has 2 N–H and O–H groups in total. The molecule has 162 valence electrons. The van der Waals surface area contributed by atoms with Gasteiger partial charge in [-0.25, -0.2) is 8.42 Å². The van der Waals surface area contributed by atoms with Crippen molar-refractivity contribution in [2.45, 2.75) is 23.1 Å². The Labute approximate surface area is 187 Å². The number of carbonyl (C=O) groups is 1. The van der Waals surface area contributed by atoms with Gasteiger partial charge in [-0.05, 0) is 61.0 Å². The van der Waals surface area contributed by atoms with Gasteiger partial charge in [0.1, 0.15) is 5.75 Å². The van der Waals surface area contributed by atoms with Crippen molar-refractivity contribution in [1.29, 1.82) is 0 Å². The second-order valence-electron chi connectivity index (χ2n) is 6.79. The molecule has 0 spiro atoms. The summed E-state index contributed by atoms with van der Waals surface area (Å²) in [6.07, 6.45) is 0.355. The van der Waals surface area contributed by atoms with Gasteiger partial charge in [-0.15, -0.1) is 11.8 Å². The molecule has 1 amide bonds. The van der Waals surface area contributed by atoms with Gasteiger partial charge in [0.25, 0.3) is 10.0 Å². The van der Waals surface area contributed by atoms with E-state index >= 15 is 0 Å². The van der Waals surface area contributed by atoms with E-state index in [1.165, 1.54) is 19.2 Å². The van der Waals surface area contributed by atoms with Crippen LogP contribution < -0.4 is 14.8 Å². The maximum Gasteiger partial charge on any atom is 0.262 e. The Morgan fingerprint density at radius 3 is 2.39 bits per heavy atom. The summed E-state index contributed by atoms with van der Waals surface area (Å²) >= 11 is 1.61. The topological polar surface area (TPSA) is 84.5 Å². The van der Waals surface area contributed by atoms with Crippen molar-refractivity contribution in [3.63, 3.8) is 0 Å². The fourth-order valence-corrected chi connectivity index (χ4v) is 4.76. The van der Waals surface area contributed by atoms with Gasteiger partial charge in [-0.3, -0.25) is 9.52 Å². The van der Waals surface area contributed by atoms with Gasteiger partial charge in [0.15, 0.2) is 0 Å². The number of ether oxygens (including phenoxy) is 1. The highest BCUT2D eigenvalue weighted by Crippen LogP contribution is 2.28. The van der Waals surface area contributed by atoms with E-state index in [0.717, 1.165) is 10.5 Å². The average molecular weight is 457 g/mol. The molecule has 3 rings (SSSR count). The molecule has 8 heteroatoms. The molecular formula is C23H24N2O4S2. The summed E-state index contributed by atoms with van der Waals surface area (Å²) in [5.74, 6) is 0.970. The van der Waals surface area contributed by atoms with Gasteiger partial charge >= 0.3 is 0 Å². The standard InChI is InChI=1S/C23H24N2O4S2/c1-17-8-13-22(29-2)21(16-17)25-31(27,28)20-11-9-18(10-12-20)24-23(26)14-15-30-19-6-4-3-5-7-19/h3-13,16,25H,14-15H2,1-2H3,(H,24,26). The third-order valence-corrected chi connectivity index (χ3v) is 6.78. The van der Waals surface area contributed by atoms with Gasteiger partial charge in [-0.2, -0.15) is 0 Å². The molecule has 3 aromatic carbocycles. The zero-order chi connectivity index (χ0) is 22.3. The lowest BCUT2D eigenvalue weighted by atomic mass is 10.2. The minimum atomic E-state index is -3.80. The molecule has 3 aromatic rings. The molecule has 6 nitrogen and oxygen atoms in total. The highest BCUT2D eigenvalue weighted by atomic mass is 32.2. The van der Waals surface area contributed by atoms with Crippen LogP contribution in [0.1, 0.15) is 12.0 Å². The second-order valence-corrected chi connectivity index (χ2v) is 9.64. The van der Waals surface area contributed by atoms with Gasteiger partial charge in [-0.1, -0.05) is 24.3 Å². The Balaban J connectivity index is 1.59. The Morgan fingerprint density at radius 1 is 1.00 bits per heavy atom. The SMILES string of the molecule is COc1ccc(C)cc1NS(=O)(=O)c1ccc(NC(=O)CCSc2ccccc2)cc1. The van der Waals surface area contributed by atoms with Crippen molar-refractivity contribution in [2.24, 2.45) is 0 Å². The fraction of sp³-hybridized carbons (Fsp3) is 0.174. The number of methoxy groups -OCH3 is 1. The molecular weight excluding hydrogens is 432 g/mol. The molecule has 0 heterocycles. The van der Waals surface area contributed by atoms with E-state index < -0.39 is 10.0 Å². The number of nitrogens with one attached hydrogen (secondary N) is 2. The number of thioether (sulfide) groups is 1. The predicted octanol–water partition coefficient (Wildman–Crippen LogP) is 4.93. The number of aryl methyl sites for hydroxylation is 1. The van der Waals surface area contributed by atoms with Crippen molar-refractivity contribution >= 4 is 39.1 Å². The molecule has 0 fully saturated rings. The van der Waals surface area contributed by atoms with Crippen LogP contribution in [-0.4, -0.2) is 27.2 Å². The third kappa shape index (κ3) is 6.50. The average Bonchev–Trinajstić information content (AvgIpc) is 2.75. The fourth-order valence-electron chi connectivity index (χ4n) is 2.82. The monoisotopic (exact) mass is 456 g/mol. The van der Waals surface area contributed by atoms with E-state index in [1.807, 2.05) is 43.3 Å². The Bertz CT molecular complexity index is 1130. The van der Waals surface area contributed by atoms with Crippen LogP contribution >= 0.6 is 11.8 Å². The van der Waals surface area contributed by atoms with Crippen LogP contribution in [-0.2, 0) is 14.8 Å². The number of anilines is 2. The summed E-state index contributed by atoms with van der Waals surface area (Å²) in [6, 6.07) is 21.2. The van der Waals surface area contributed by atoms with Gasteiger partial charge in [0.2, 0.25) is 5.91 Å². The quantitative estimate of drug-likeness (QED) is 0.446. The predicted molar refractivity (Wildman–Crippen MR) is 125 cm³/mol. The van der Waals surface area contributed by atoms with Crippen LogP contribution in [0.5, 0.6) is 5.75 Å². The minimum absolute atomic E-state index is 0.0914. The van der Waals surface area contributed by atoms with E-state index in [0.29, 0.717) is 29.3 Å². The van der Waals surface area contributed by atoms with E-state index in [2.05, 4.69) is 10.0 Å². The first-order chi connectivity index (χ1) is 14.9. The van der Waals surface area contributed by atoms with Crippen molar-refractivity contribution in [3.05, 3.63) is 78.4 Å². The lowest BCUT2D eigenvalue weighted by Gasteiger charge is -2.13. The summed E-state index contributed by atoms with van der Waals surface area (Å²) in [7, 11) is -2.31. The van der Waals surface area contributed by atoms with Crippen LogP contribution in [0.3, 0.4) is 0 Å². The van der Waals surface area contributed by atoms with Crippen molar-refractivity contribution in [3.8, 4) is 5.75 Å². The largest absolute Gasteiger partial charge is 0.495 e. The molecule has 0 atom stereocenters. The van der Waals surface area contributed by atoms with Gasteiger partial charge in [0.05, 0.1) is 17.7 Å². The van der Waals surface area contributed by atoms with Crippen LogP contribution in [0.4, 0.5) is 11.4 Å². The number of hydrogen-bond donors (Lipinski definition) is 2. The Hall–Kier alpha value is -2.97. The minimum Gasteiger partial charge on any atom is -0.495 e. The summed E-state index contributed by atoms with van der Waals surface area (Å²) in [5, 5.41) is 2.79. The second kappa shape index (κ2) is 10.4. The number of rotatable bonds is 9. The molecule has 0 bridgehead atoms. The molecule has 31 heavy (non-hydrogen) atoms. The first-order valence-electron chi connectivity index (χ1n) is 9.62. The van der Waals surface area contributed by atoms with E-state index in [9.17, 15) is 13.2 Å². The molecule has 0 aliphatic rings. The zero-order valence-corrected chi connectivity index (χ0v) is 18.9. The highest BCUT2D eigenvalue weighted by molar-refractivity contribution is 7.99. The molecule has 0 saturated carbocycles. The summed E-state index contributed by atoms with van der Waals surface area (Å²) in [6.45, 7) is 1.87. The number of carbonyl (C=O) groups excluding carboxylic acids is 1. The number of sulfonamides is 1. The Kier molecular flexibility index (Phi) is 7.59. The lowest BCUT2D eigenvalue weighted by Crippen LogP contribution is -2.15. The first kappa shape index (κ1) is 22.7. The maximum atomic E-state index is 12.7. The molecule has 0 saturated heterocycles. The number of benzene rings is 3. The molecule has 0 aliphatic heterocycles. The smallest absolute Gasteiger partial charge is 0.262 e. The first-order valence-corrected chi connectivity index (χ1v) is 12.1. The highest BCUT2D eigenvalue weighted by Gasteiger charge is 2.17. The zero-order valence-electron chi connectivity index (χ0n) is 17.3. The number of hydrogen-bond acceptors (Lipinski definition) is 5. The number of amides is 1. The third-order valence-electron chi connectivity index (χ3n) is 4.39. The van der Waals surface area contributed by atoms with Crippen LogP contribution in [0, 0.1) is 6.92 Å². The van der Waals surface area contributed by atoms with Gasteiger partial charge in [0, 0.05) is 22.8 Å². The van der Waals surface area contributed by atoms with E-state index in [1.54, 1.807) is 36.0 Å². The molecule has 0 unspecified atom stereocenters. The van der Waals surface area contributed by atoms with Crippen LogP contribution in [0.15, 0.2) is 82.6 Å².